The molecule has 0 aliphatic heterocycles. The van der Waals surface area contributed by atoms with Crippen LogP contribution in [0.15, 0.2) is 18.2 Å². The van der Waals surface area contributed by atoms with Crippen molar-refractivity contribution in [2.24, 2.45) is 5.92 Å². The van der Waals surface area contributed by atoms with E-state index in [0.717, 1.165) is 6.07 Å². The maximum absolute atomic E-state index is 11.6. The topological polar surface area (TPSA) is 93.1 Å². The fourth-order valence-electron chi connectivity index (χ4n) is 1.36. The van der Waals surface area contributed by atoms with Crippen LogP contribution in [0.25, 0.3) is 0 Å². The first-order valence-electron chi connectivity index (χ1n) is 6.31. The Morgan fingerprint density at radius 3 is 2.45 bits per heavy atom. The highest BCUT2D eigenvalue weighted by molar-refractivity contribution is 5.92. The molecule has 0 bridgehead atoms. The molecule has 0 aliphatic carbocycles. The second-order valence-corrected chi connectivity index (χ2v) is 4.31. The summed E-state index contributed by atoms with van der Waals surface area (Å²) in [6.45, 7) is 3.50. The molecule has 0 heterocycles. The normalized spacial score (nSPS) is 11.7. The number of carbonyl (C=O) groups is 2. The van der Waals surface area contributed by atoms with Crippen LogP contribution in [0.2, 0.25) is 0 Å². The van der Waals surface area contributed by atoms with Crippen LogP contribution in [0.1, 0.15) is 30.6 Å². The predicted octanol–water partition coefficient (Wildman–Crippen LogP) is 1.84. The summed E-state index contributed by atoms with van der Waals surface area (Å²) < 4.78 is 9.77. The van der Waals surface area contributed by atoms with Gasteiger partial charge < -0.3 is 19.7 Å². The molecule has 1 aromatic carbocycles. The lowest BCUT2D eigenvalue weighted by atomic mass is 10.1. The van der Waals surface area contributed by atoms with Gasteiger partial charge in [0.1, 0.15) is 30.3 Å². The Kier molecular flexibility index (Phi) is 5.83. The molecule has 2 N–H and O–H groups in total. The lowest BCUT2D eigenvalue weighted by Crippen LogP contribution is -2.18. The van der Waals surface area contributed by atoms with Gasteiger partial charge in [0.25, 0.3) is 0 Å². The van der Waals surface area contributed by atoms with Gasteiger partial charge in [-0.05, 0) is 18.6 Å². The number of phenolic OH excluding ortho intramolecular Hbond substituents is 2. The zero-order chi connectivity index (χ0) is 15.1. The first-order valence-corrected chi connectivity index (χ1v) is 6.31. The highest BCUT2D eigenvalue weighted by Crippen LogP contribution is 2.23. The number of aromatic hydroxyl groups is 2. The molecule has 1 unspecified atom stereocenters. The van der Waals surface area contributed by atoms with Crippen LogP contribution in [0.4, 0.5) is 0 Å². The molecule has 0 aromatic heterocycles. The average Bonchev–Trinajstić information content (AvgIpc) is 2.42. The van der Waals surface area contributed by atoms with Crippen LogP contribution in [0.3, 0.4) is 0 Å². The molecule has 0 amide bonds. The van der Waals surface area contributed by atoms with Crippen LogP contribution < -0.4 is 0 Å². The van der Waals surface area contributed by atoms with E-state index in [1.54, 1.807) is 6.92 Å². The summed E-state index contributed by atoms with van der Waals surface area (Å²) >= 11 is 0. The third-order valence-electron chi connectivity index (χ3n) is 2.78. The molecule has 1 atom stereocenters. The molecule has 6 nitrogen and oxygen atoms in total. The van der Waals surface area contributed by atoms with Gasteiger partial charge in [-0.25, -0.2) is 4.79 Å². The van der Waals surface area contributed by atoms with Crippen LogP contribution >= 0.6 is 0 Å². The summed E-state index contributed by atoms with van der Waals surface area (Å²) in [6, 6.07) is 3.55. The highest BCUT2D eigenvalue weighted by atomic mass is 16.6. The number of carbonyl (C=O) groups excluding carboxylic acids is 2. The summed E-state index contributed by atoms with van der Waals surface area (Å²) in [6.07, 6.45) is 0.681. The molecule has 1 aromatic rings. The van der Waals surface area contributed by atoms with E-state index in [2.05, 4.69) is 0 Å². The molecule has 6 heteroatoms. The molecule has 0 radical (unpaired) electrons. The van der Waals surface area contributed by atoms with Crippen LogP contribution in [0.5, 0.6) is 11.5 Å². The summed E-state index contributed by atoms with van der Waals surface area (Å²) in [5.41, 5.74) is -0.0592. The van der Waals surface area contributed by atoms with Crippen molar-refractivity contribution in [3.05, 3.63) is 23.8 Å². The monoisotopic (exact) mass is 282 g/mol. The quantitative estimate of drug-likeness (QED) is 0.611. The minimum absolute atomic E-state index is 0.0340. The van der Waals surface area contributed by atoms with Gasteiger partial charge in [-0.1, -0.05) is 13.8 Å². The largest absolute Gasteiger partial charge is 0.508 e. The van der Waals surface area contributed by atoms with Gasteiger partial charge in [-0.15, -0.1) is 0 Å². The second-order valence-electron chi connectivity index (χ2n) is 4.31. The van der Waals surface area contributed by atoms with Gasteiger partial charge in [0, 0.05) is 6.07 Å². The van der Waals surface area contributed by atoms with Crippen LogP contribution in [-0.4, -0.2) is 35.4 Å². The molecule has 1 rings (SSSR count). The fourth-order valence-corrected chi connectivity index (χ4v) is 1.36. The SMILES string of the molecule is CCC(C)C(=O)OCCOC(=O)c1ccc(O)cc1O. The lowest BCUT2D eigenvalue weighted by molar-refractivity contribution is -0.149. The second kappa shape index (κ2) is 7.37. The Morgan fingerprint density at radius 1 is 1.20 bits per heavy atom. The van der Waals surface area contributed by atoms with Crippen molar-refractivity contribution in [1.29, 1.82) is 0 Å². The molecule has 0 saturated heterocycles. The Morgan fingerprint density at radius 2 is 1.85 bits per heavy atom. The van der Waals surface area contributed by atoms with Gasteiger partial charge in [0.15, 0.2) is 0 Å². The number of hydrogen-bond donors (Lipinski definition) is 2. The van der Waals surface area contributed by atoms with E-state index in [1.165, 1.54) is 12.1 Å². The first-order chi connectivity index (χ1) is 9.45. The van der Waals surface area contributed by atoms with E-state index >= 15 is 0 Å². The van der Waals surface area contributed by atoms with Crippen LogP contribution in [0, 0.1) is 5.92 Å². The first kappa shape index (κ1) is 15.8. The van der Waals surface area contributed by atoms with Crippen molar-refractivity contribution in [2.45, 2.75) is 20.3 Å². The Bertz CT molecular complexity index is 483. The minimum atomic E-state index is -0.748. The van der Waals surface area contributed by atoms with E-state index in [4.69, 9.17) is 14.6 Å². The zero-order valence-corrected chi connectivity index (χ0v) is 11.5. The molecular weight excluding hydrogens is 264 g/mol. The number of phenols is 2. The summed E-state index contributed by atoms with van der Waals surface area (Å²) in [4.78, 5) is 23.0. The fraction of sp³-hybridized carbons (Fsp3) is 0.429. The molecule has 0 spiro atoms. The van der Waals surface area contributed by atoms with Crippen LogP contribution in [-0.2, 0) is 14.3 Å². The molecule has 110 valence electrons. The molecule has 0 fully saturated rings. The van der Waals surface area contributed by atoms with Gasteiger partial charge in [0.05, 0.1) is 5.92 Å². The molecule has 0 saturated carbocycles. The summed E-state index contributed by atoms with van der Waals surface area (Å²) in [7, 11) is 0. The van der Waals surface area contributed by atoms with E-state index in [0.29, 0.717) is 6.42 Å². The Balaban J connectivity index is 2.39. The highest BCUT2D eigenvalue weighted by Gasteiger charge is 2.14. The van der Waals surface area contributed by atoms with Gasteiger partial charge in [-0.2, -0.15) is 0 Å². The number of benzene rings is 1. The Hall–Kier alpha value is -2.24. The van der Waals surface area contributed by atoms with Crippen molar-refractivity contribution >= 4 is 11.9 Å². The smallest absolute Gasteiger partial charge is 0.342 e. The van der Waals surface area contributed by atoms with Gasteiger partial charge in [-0.3, -0.25) is 4.79 Å². The van der Waals surface area contributed by atoms with E-state index in [-0.39, 0.29) is 42.2 Å². The summed E-state index contributed by atoms with van der Waals surface area (Å²) in [5.74, 6) is -1.79. The zero-order valence-electron chi connectivity index (χ0n) is 11.5. The number of hydrogen-bond acceptors (Lipinski definition) is 6. The van der Waals surface area contributed by atoms with E-state index < -0.39 is 5.97 Å². The third-order valence-corrected chi connectivity index (χ3v) is 2.78. The van der Waals surface area contributed by atoms with E-state index in [1.807, 2.05) is 6.92 Å². The maximum atomic E-state index is 11.6. The van der Waals surface area contributed by atoms with Gasteiger partial charge in [0.2, 0.25) is 0 Å². The predicted molar refractivity (Wildman–Crippen MR) is 70.5 cm³/mol. The maximum Gasteiger partial charge on any atom is 0.342 e. The average molecular weight is 282 g/mol. The number of ether oxygens (including phenoxy) is 2. The van der Waals surface area contributed by atoms with Crippen molar-refractivity contribution in [2.75, 3.05) is 13.2 Å². The van der Waals surface area contributed by atoms with E-state index in [9.17, 15) is 14.7 Å². The van der Waals surface area contributed by atoms with Crippen molar-refractivity contribution in [3.8, 4) is 11.5 Å². The number of esters is 2. The Labute approximate surface area is 116 Å². The summed E-state index contributed by atoms with van der Waals surface area (Å²) in [5, 5.41) is 18.6. The molecule has 20 heavy (non-hydrogen) atoms. The molecule has 0 aliphatic rings. The standard InChI is InChI=1S/C14H18O6/c1-3-9(2)13(17)19-6-7-20-14(18)11-5-4-10(15)8-12(11)16/h4-5,8-9,15-16H,3,6-7H2,1-2H3. The van der Waals surface area contributed by atoms with Crippen molar-refractivity contribution in [3.63, 3.8) is 0 Å². The lowest BCUT2D eigenvalue weighted by Gasteiger charge is -2.10. The van der Waals surface area contributed by atoms with Crippen molar-refractivity contribution < 1.29 is 29.3 Å². The number of rotatable bonds is 6. The third kappa shape index (κ3) is 4.46. The molecular formula is C14H18O6. The minimum Gasteiger partial charge on any atom is -0.508 e. The van der Waals surface area contributed by atoms with Crippen molar-refractivity contribution in [1.82, 2.24) is 0 Å². The van der Waals surface area contributed by atoms with Gasteiger partial charge >= 0.3 is 11.9 Å².